The molecule has 15 heavy (non-hydrogen) atoms. The van der Waals surface area contributed by atoms with Crippen molar-refractivity contribution < 1.29 is 5.11 Å². The zero-order chi connectivity index (χ0) is 11.1. The monoisotopic (exact) mass is 205 g/mol. The van der Waals surface area contributed by atoms with Gasteiger partial charge in [-0.3, -0.25) is 4.68 Å². The van der Waals surface area contributed by atoms with Gasteiger partial charge in [0, 0.05) is 17.3 Å². The van der Waals surface area contributed by atoms with Crippen LogP contribution in [0.25, 0.3) is 10.9 Å². The topological polar surface area (TPSA) is 64.1 Å². The molecule has 1 heterocycles. The minimum atomic E-state index is -0.756. The maximum absolute atomic E-state index is 9.67. The van der Waals surface area contributed by atoms with E-state index in [1.807, 2.05) is 24.4 Å². The Labute approximate surface area is 88.3 Å². The molecule has 0 aliphatic carbocycles. The molecule has 0 saturated carbocycles. The number of aromatic nitrogens is 2. The average Bonchev–Trinajstić information content (AvgIpc) is 2.42. The minimum Gasteiger partial charge on any atom is -0.399 e. The van der Waals surface area contributed by atoms with Gasteiger partial charge in [-0.25, -0.2) is 0 Å². The number of nitrogens with two attached hydrogens (primary N) is 1. The van der Waals surface area contributed by atoms with Crippen LogP contribution < -0.4 is 5.73 Å². The summed E-state index contributed by atoms with van der Waals surface area (Å²) in [6, 6.07) is 5.60. The Morgan fingerprint density at radius 2 is 2.20 bits per heavy atom. The van der Waals surface area contributed by atoms with Crippen molar-refractivity contribution in [1.29, 1.82) is 0 Å². The molecule has 4 heteroatoms. The van der Waals surface area contributed by atoms with Gasteiger partial charge in [-0.15, -0.1) is 0 Å². The molecule has 0 spiro atoms. The van der Waals surface area contributed by atoms with E-state index in [1.165, 1.54) is 0 Å². The van der Waals surface area contributed by atoms with Crippen LogP contribution in [-0.2, 0) is 6.54 Å². The largest absolute Gasteiger partial charge is 0.399 e. The summed E-state index contributed by atoms with van der Waals surface area (Å²) in [5.41, 5.74) is 6.47. The Hall–Kier alpha value is -1.55. The molecule has 0 amide bonds. The highest BCUT2D eigenvalue weighted by Gasteiger charge is 2.14. The first-order chi connectivity index (χ1) is 6.94. The zero-order valence-corrected chi connectivity index (χ0v) is 8.94. The number of hydrogen-bond acceptors (Lipinski definition) is 3. The lowest BCUT2D eigenvalue weighted by atomic mass is 10.1. The van der Waals surface area contributed by atoms with Crippen LogP contribution in [0.1, 0.15) is 13.8 Å². The van der Waals surface area contributed by atoms with Gasteiger partial charge in [0.2, 0.25) is 0 Å². The first kappa shape index (κ1) is 9.98. The predicted octanol–water partition coefficient (Wildman–Crippen LogP) is 1.39. The molecule has 0 radical (unpaired) electrons. The number of rotatable bonds is 2. The van der Waals surface area contributed by atoms with Gasteiger partial charge < -0.3 is 10.8 Å². The van der Waals surface area contributed by atoms with Crippen LogP contribution >= 0.6 is 0 Å². The highest BCUT2D eigenvalue weighted by atomic mass is 16.3. The Morgan fingerprint density at radius 3 is 2.87 bits per heavy atom. The van der Waals surface area contributed by atoms with Gasteiger partial charge in [-0.05, 0) is 32.0 Å². The first-order valence-electron chi connectivity index (χ1n) is 4.89. The molecule has 1 aromatic carbocycles. The molecule has 0 unspecified atom stereocenters. The number of aliphatic hydroxyl groups is 1. The molecule has 80 valence electrons. The fraction of sp³-hybridized carbons (Fsp3) is 0.364. The standard InChI is InChI=1S/C11H15N3O/c1-11(2,15)7-14-6-8-3-4-9(12)5-10(8)13-14/h3-6,15H,7,12H2,1-2H3. The molecule has 2 aromatic rings. The summed E-state index contributed by atoms with van der Waals surface area (Å²) >= 11 is 0. The van der Waals surface area contributed by atoms with Gasteiger partial charge >= 0.3 is 0 Å². The van der Waals surface area contributed by atoms with Crippen LogP contribution in [0.3, 0.4) is 0 Å². The quantitative estimate of drug-likeness (QED) is 0.728. The number of anilines is 1. The summed E-state index contributed by atoms with van der Waals surface area (Å²) in [6.45, 7) is 3.99. The highest BCUT2D eigenvalue weighted by molar-refractivity contribution is 5.81. The third kappa shape index (κ3) is 2.27. The Morgan fingerprint density at radius 1 is 1.47 bits per heavy atom. The van der Waals surface area contributed by atoms with E-state index in [2.05, 4.69) is 5.10 Å². The van der Waals surface area contributed by atoms with Gasteiger partial charge in [0.15, 0.2) is 0 Å². The van der Waals surface area contributed by atoms with E-state index in [4.69, 9.17) is 5.73 Å². The van der Waals surface area contributed by atoms with Crippen LogP contribution in [0, 0.1) is 0 Å². The molecular formula is C11H15N3O. The molecule has 0 atom stereocenters. The number of nitrogen functional groups attached to an aromatic ring is 1. The van der Waals surface area contributed by atoms with Crippen molar-refractivity contribution in [3.63, 3.8) is 0 Å². The maximum atomic E-state index is 9.67. The highest BCUT2D eigenvalue weighted by Crippen LogP contribution is 2.16. The van der Waals surface area contributed by atoms with Crippen molar-refractivity contribution >= 4 is 16.6 Å². The van der Waals surface area contributed by atoms with E-state index >= 15 is 0 Å². The van der Waals surface area contributed by atoms with Gasteiger partial charge in [0.1, 0.15) is 0 Å². The summed E-state index contributed by atoms with van der Waals surface area (Å²) in [7, 11) is 0. The number of nitrogens with zero attached hydrogens (tertiary/aromatic N) is 2. The molecule has 4 nitrogen and oxygen atoms in total. The van der Waals surface area contributed by atoms with Crippen molar-refractivity contribution in [3.8, 4) is 0 Å². The van der Waals surface area contributed by atoms with Gasteiger partial charge in [-0.2, -0.15) is 5.10 Å². The second-order valence-corrected chi connectivity index (χ2v) is 4.46. The molecule has 3 N–H and O–H groups in total. The van der Waals surface area contributed by atoms with E-state index < -0.39 is 5.60 Å². The Kier molecular flexibility index (Phi) is 2.16. The molecule has 0 aliphatic rings. The van der Waals surface area contributed by atoms with Crippen molar-refractivity contribution in [2.45, 2.75) is 26.0 Å². The smallest absolute Gasteiger partial charge is 0.0943 e. The number of benzene rings is 1. The third-order valence-corrected chi connectivity index (χ3v) is 2.13. The Balaban J connectivity index is 2.39. The molecule has 0 aliphatic heterocycles. The minimum absolute atomic E-state index is 0.474. The molecule has 1 aromatic heterocycles. The van der Waals surface area contributed by atoms with E-state index in [-0.39, 0.29) is 0 Å². The van der Waals surface area contributed by atoms with E-state index in [0.717, 1.165) is 10.9 Å². The van der Waals surface area contributed by atoms with Crippen molar-refractivity contribution in [2.75, 3.05) is 5.73 Å². The van der Waals surface area contributed by atoms with Crippen LogP contribution in [0.5, 0.6) is 0 Å². The summed E-state index contributed by atoms with van der Waals surface area (Å²) < 4.78 is 1.74. The first-order valence-corrected chi connectivity index (χ1v) is 4.89. The van der Waals surface area contributed by atoms with E-state index in [9.17, 15) is 5.11 Å². The second-order valence-electron chi connectivity index (χ2n) is 4.46. The lowest BCUT2D eigenvalue weighted by Gasteiger charge is -2.16. The SMILES string of the molecule is CC(C)(O)Cn1cc2ccc(N)cc2n1. The van der Waals surface area contributed by atoms with Crippen LogP contribution in [0.15, 0.2) is 24.4 Å². The van der Waals surface area contributed by atoms with Crippen molar-refractivity contribution in [2.24, 2.45) is 0 Å². The van der Waals surface area contributed by atoms with E-state index in [1.54, 1.807) is 18.5 Å². The van der Waals surface area contributed by atoms with Crippen molar-refractivity contribution in [3.05, 3.63) is 24.4 Å². The average molecular weight is 205 g/mol. The van der Waals surface area contributed by atoms with E-state index in [0.29, 0.717) is 12.2 Å². The third-order valence-electron chi connectivity index (χ3n) is 2.13. The van der Waals surface area contributed by atoms with Crippen LogP contribution in [0.4, 0.5) is 5.69 Å². The van der Waals surface area contributed by atoms with Crippen LogP contribution in [0.2, 0.25) is 0 Å². The lowest BCUT2D eigenvalue weighted by Crippen LogP contribution is -2.26. The molecule has 0 saturated heterocycles. The van der Waals surface area contributed by atoms with Crippen LogP contribution in [-0.4, -0.2) is 20.5 Å². The molecular weight excluding hydrogens is 190 g/mol. The summed E-state index contributed by atoms with van der Waals surface area (Å²) in [5, 5.41) is 15.0. The molecule has 0 fully saturated rings. The number of fused-ring (bicyclic) bond motifs is 1. The van der Waals surface area contributed by atoms with Crippen molar-refractivity contribution in [1.82, 2.24) is 9.78 Å². The number of hydrogen-bond donors (Lipinski definition) is 2. The summed E-state index contributed by atoms with van der Waals surface area (Å²) in [5.74, 6) is 0. The fourth-order valence-corrected chi connectivity index (χ4v) is 1.56. The lowest BCUT2D eigenvalue weighted by molar-refractivity contribution is 0.0580. The molecule has 0 bridgehead atoms. The summed E-state index contributed by atoms with van der Waals surface area (Å²) in [6.07, 6.45) is 1.91. The van der Waals surface area contributed by atoms with Gasteiger partial charge in [-0.1, -0.05) is 0 Å². The molecule has 2 rings (SSSR count). The van der Waals surface area contributed by atoms with Gasteiger partial charge in [0.25, 0.3) is 0 Å². The second kappa shape index (κ2) is 3.24. The maximum Gasteiger partial charge on any atom is 0.0943 e. The summed E-state index contributed by atoms with van der Waals surface area (Å²) in [4.78, 5) is 0. The normalized spacial score (nSPS) is 12.2. The fourth-order valence-electron chi connectivity index (χ4n) is 1.56. The van der Waals surface area contributed by atoms with Gasteiger partial charge in [0.05, 0.1) is 17.7 Å². The Bertz CT molecular complexity index is 482. The predicted molar refractivity (Wildman–Crippen MR) is 60.4 cm³/mol. The zero-order valence-electron chi connectivity index (χ0n) is 8.94.